The molecule has 0 aliphatic carbocycles. The molecule has 37 heavy (non-hydrogen) atoms. The Morgan fingerprint density at radius 2 is 1.65 bits per heavy atom. The summed E-state index contributed by atoms with van der Waals surface area (Å²) >= 11 is 0. The first kappa shape index (κ1) is 25.2. The lowest BCUT2D eigenvalue weighted by Gasteiger charge is -2.11. The molecule has 0 saturated heterocycles. The second-order valence-electron chi connectivity index (χ2n) is 7.82. The number of ether oxygens (including phenoxy) is 4. The summed E-state index contributed by atoms with van der Waals surface area (Å²) < 4.78 is 21.9. The molecule has 0 heterocycles. The lowest BCUT2D eigenvalue weighted by molar-refractivity contribution is -0.123. The van der Waals surface area contributed by atoms with Gasteiger partial charge < -0.3 is 18.9 Å². The van der Waals surface area contributed by atoms with E-state index in [4.69, 9.17) is 18.9 Å². The molecule has 0 saturated carbocycles. The normalized spacial score (nSPS) is 10.8. The number of nitrogens with zero attached hydrogens (tertiary/aromatic N) is 1. The highest BCUT2D eigenvalue weighted by atomic mass is 16.6. The summed E-state index contributed by atoms with van der Waals surface area (Å²) in [7, 11) is 1.55. The fourth-order valence-corrected chi connectivity index (χ4v) is 3.52. The van der Waals surface area contributed by atoms with Crippen molar-refractivity contribution in [2.45, 2.75) is 6.92 Å². The van der Waals surface area contributed by atoms with Gasteiger partial charge in [0.2, 0.25) is 0 Å². The number of rotatable bonds is 10. The van der Waals surface area contributed by atoms with E-state index in [1.165, 1.54) is 6.21 Å². The highest BCUT2D eigenvalue weighted by molar-refractivity contribution is 5.92. The van der Waals surface area contributed by atoms with Crippen LogP contribution in [0.4, 0.5) is 0 Å². The highest BCUT2D eigenvalue weighted by Crippen LogP contribution is 2.29. The molecule has 188 valence electrons. The molecular weight excluding hydrogens is 472 g/mol. The van der Waals surface area contributed by atoms with Crippen LogP contribution in [-0.4, -0.2) is 38.4 Å². The van der Waals surface area contributed by atoms with Crippen LogP contribution in [0.5, 0.6) is 23.0 Å². The maximum absolute atomic E-state index is 12.5. The van der Waals surface area contributed by atoms with Crippen molar-refractivity contribution in [1.82, 2.24) is 5.43 Å². The standard InChI is InChI=1S/C29H26N2O6/c1-3-35-27-17-20(11-16-26(27)37-29(33)22-12-14-23(34-2)15-13-22)18-30-31-28(32)19-36-25-10-6-8-21-7-4-5-9-24(21)25/h4-18H,3,19H2,1-2H3,(H,31,32)/b30-18-. The molecule has 0 aromatic heterocycles. The second-order valence-corrected chi connectivity index (χ2v) is 7.82. The highest BCUT2D eigenvalue weighted by Gasteiger charge is 2.13. The van der Waals surface area contributed by atoms with E-state index in [2.05, 4.69) is 10.5 Å². The fourth-order valence-electron chi connectivity index (χ4n) is 3.52. The Balaban J connectivity index is 1.36. The molecular formula is C29H26N2O6. The third-order valence-electron chi connectivity index (χ3n) is 5.31. The number of amides is 1. The van der Waals surface area contributed by atoms with Crippen LogP contribution in [0.25, 0.3) is 10.8 Å². The summed E-state index contributed by atoms with van der Waals surface area (Å²) in [4.78, 5) is 24.8. The first-order chi connectivity index (χ1) is 18.1. The molecule has 0 unspecified atom stereocenters. The van der Waals surface area contributed by atoms with Crippen molar-refractivity contribution < 1.29 is 28.5 Å². The fraction of sp³-hybridized carbons (Fsp3) is 0.138. The Morgan fingerprint density at radius 3 is 2.43 bits per heavy atom. The van der Waals surface area contributed by atoms with Crippen molar-refractivity contribution in [3.8, 4) is 23.0 Å². The Bertz CT molecular complexity index is 1410. The molecule has 0 fully saturated rings. The van der Waals surface area contributed by atoms with E-state index < -0.39 is 11.9 Å². The van der Waals surface area contributed by atoms with E-state index in [1.807, 2.05) is 49.4 Å². The quantitative estimate of drug-likeness (QED) is 0.143. The van der Waals surface area contributed by atoms with E-state index in [1.54, 1.807) is 49.6 Å². The molecule has 0 aliphatic heterocycles. The average Bonchev–Trinajstić information content (AvgIpc) is 2.93. The van der Waals surface area contributed by atoms with Gasteiger partial charge >= 0.3 is 5.97 Å². The Hall–Kier alpha value is -4.85. The number of carbonyl (C=O) groups is 2. The summed E-state index contributed by atoms with van der Waals surface area (Å²) in [5.41, 5.74) is 3.47. The number of hydrogen-bond acceptors (Lipinski definition) is 7. The van der Waals surface area contributed by atoms with E-state index in [-0.39, 0.29) is 12.4 Å². The largest absolute Gasteiger partial charge is 0.497 e. The molecule has 0 radical (unpaired) electrons. The molecule has 0 atom stereocenters. The number of fused-ring (bicyclic) bond motifs is 1. The minimum atomic E-state index is -0.525. The van der Waals surface area contributed by atoms with Gasteiger partial charge in [-0.1, -0.05) is 36.4 Å². The smallest absolute Gasteiger partial charge is 0.343 e. The van der Waals surface area contributed by atoms with Crippen LogP contribution >= 0.6 is 0 Å². The number of methoxy groups -OCH3 is 1. The SMILES string of the molecule is CCOc1cc(/C=N\NC(=O)COc2cccc3ccccc23)ccc1OC(=O)c1ccc(OC)cc1. The van der Waals surface area contributed by atoms with Gasteiger partial charge in [-0.15, -0.1) is 0 Å². The number of nitrogens with one attached hydrogen (secondary N) is 1. The molecule has 0 aliphatic rings. The monoisotopic (exact) mass is 498 g/mol. The summed E-state index contributed by atoms with van der Waals surface area (Å²) in [6.45, 7) is 2.01. The molecule has 4 rings (SSSR count). The van der Waals surface area contributed by atoms with Gasteiger partial charge in [0.25, 0.3) is 5.91 Å². The minimum absolute atomic E-state index is 0.185. The van der Waals surface area contributed by atoms with E-state index in [0.29, 0.717) is 35.0 Å². The van der Waals surface area contributed by atoms with Gasteiger partial charge in [-0.2, -0.15) is 5.10 Å². The number of hydrogen-bond donors (Lipinski definition) is 1. The van der Waals surface area contributed by atoms with Crippen molar-refractivity contribution >= 4 is 28.9 Å². The molecule has 1 N–H and O–H groups in total. The number of hydrazone groups is 1. The first-order valence-corrected chi connectivity index (χ1v) is 11.6. The van der Waals surface area contributed by atoms with Gasteiger partial charge in [0, 0.05) is 5.39 Å². The zero-order valence-electron chi connectivity index (χ0n) is 20.5. The van der Waals surface area contributed by atoms with Crippen LogP contribution in [0.1, 0.15) is 22.8 Å². The minimum Gasteiger partial charge on any atom is -0.497 e. The Morgan fingerprint density at radius 1 is 0.865 bits per heavy atom. The van der Waals surface area contributed by atoms with Gasteiger partial charge in [0.05, 0.1) is 25.5 Å². The van der Waals surface area contributed by atoms with Crippen LogP contribution in [0.15, 0.2) is 90.0 Å². The Labute approximate surface area is 214 Å². The maximum Gasteiger partial charge on any atom is 0.343 e. The summed E-state index contributed by atoms with van der Waals surface area (Å²) in [6.07, 6.45) is 1.47. The van der Waals surface area contributed by atoms with Crippen LogP contribution in [0, 0.1) is 0 Å². The molecule has 4 aromatic rings. The number of esters is 1. The predicted molar refractivity (Wildman–Crippen MR) is 141 cm³/mol. The van der Waals surface area contributed by atoms with Crippen molar-refractivity contribution in [1.29, 1.82) is 0 Å². The van der Waals surface area contributed by atoms with Gasteiger partial charge in [0.1, 0.15) is 11.5 Å². The first-order valence-electron chi connectivity index (χ1n) is 11.6. The van der Waals surface area contributed by atoms with E-state index in [0.717, 1.165) is 10.8 Å². The summed E-state index contributed by atoms with van der Waals surface area (Å²) in [5, 5.41) is 5.95. The molecule has 1 amide bonds. The van der Waals surface area contributed by atoms with Crippen LogP contribution in [-0.2, 0) is 4.79 Å². The zero-order valence-corrected chi connectivity index (χ0v) is 20.5. The van der Waals surface area contributed by atoms with E-state index >= 15 is 0 Å². The van der Waals surface area contributed by atoms with Gasteiger partial charge in [0.15, 0.2) is 18.1 Å². The topological polar surface area (TPSA) is 95.5 Å². The average molecular weight is 499 g/mol. The molecule has 4 aromatic carbocycles. The lowest BCUT2D eigenvalue weighted by atomic mass is 10.1. The van der Waals surface area contributed by atoms with Crippen molar-refractivity contribution in [3.05, 3.63) is 96.1 Å². The Kier molecular flexibility index (Phi) is 8.33. The molecule has 0 spiro atoms. The molecule has 0 bridgehead atoms. The lowest BCUT2D eigenvalue weighted by Crippen LogP contribution is -2.24. The molecule has 8 heteroatoms. The van der Waals surface area contributed by atoms with Crippen LogP contribution in [0.3, 0.4) is 0 Å². The van der Waals surface area contributed by atoms with Crippen LogP contribution < -0.4 is 24.4 Å². The maximum atomic E-state index is 12.5. The molecule has 8 nitrogen and oxygen atoms in total. The van der Waals surface area contributed by atoms with Crippen molar-refractivity contribution in [2.75, 3.05) is 20.3 Å². The van der Waals surface area contributed by atoms with Gasteiger partial charge in [-0.25, -0.2) is 10.2 Å². The van der Waals surface area contributed by atoms with E-state index in [9.17, 15) is 9.59 Å². The number of carbonyl (C=O) groups excluding carboxylic acids is 2. The van der Waals surface area contributed by atoms with Gasteiger partial charge in [-0.3, -0.25) is 4.79 Å². The van der Waals surface area contributed by atoms with Crippen molar-refractivity contribution in [3.63, 3.8) is 0 Å². The zero-order chi connectivity index (χ0) is 26.0. The van der Waals surface area contributed by atoms with Crippen LogP contribution in [0.2, 0.25) is 0 Å². The van der Waals surface area contributed by atoms with Gasteiger partial charge in [-0.05, 0) is 66.4 Å². The number of benzene rings is 4. The third-order valence-corrected chi connectivity index (χ3v) is 5.31. The van der Waals surface area contributed by atoms with Crippen molar-refractivity contribution in [2.24, 2.45) is 5.10 Å². The second kappa shape index (κ2) is 12.2. The third kappa shape index (κ3) is 6.64. The summed E-state index contributed by atoms with van der Waals surface area (Å²) in [5.74, 6) is 0.981. The predicted octanol–water partition coefficient (Wildman–Crippen LogP) is 5.00. The summed E-state index contributed by atoms with van der Waals surface area (Å²) in [6, 6.07) is 25.0.